The molecular weight excluding hydrogens is 232 g/mol. The van der Waals surface area contributed by atoms with E-state index in [4.69, 9.17) is 0 Å². The van der Waals surface area contributed by atoms with Crippen LogP contribution in [0.2, 0.25) is 0 Å². The summed E-state index contributed by atoms with van der Waals surface area (Å²) < 4.78 is 0. The van der Waals surface area contributed by atoms with Gasteiger partial charge in [0.2, 0.25) is 0 Å². The van der Waals surface area contributed by atoms with Gasteiger partial charge in [0, 0.05) is 25.3 Å². The Kier molecular flexibility index (Phi) is 5.03. The van der Waals surface area contributed by atoms with E-state index in [1.165, 1.54) is 48.9 Å². The average molecular weight is 258 g/mol. The number of anilines is 1. The van der Waals surface area contributed by atoms with Gasteiger partial charge < -0.3 is 5.32 Å². The Bertz CT molecular complexity index is 419. The van der Waals surface area contributed by atoms with Crippen molar-refractivity contribution < 1.29 is 0 Å². The van der Waals surface area contributed by atoms with Gasteiger partial charge in [0.15, 0.2) is 0 Å². The van der Waals surface area contributed by atoms with Crippen molar-refractivity contribution in [3.63, 3.8) is 0 Å². The summed E-state index contributed by atoms with van der Waals surface area (Å²) in [5.41, 5.74) is 3.80. The largest absolute Gasteiger partial charge is 0.388 e. The van der Waals surface area contributed by atoms with Gasteiger partial charge in [-0.2, -0.15) is 0 Å². The molecule has 0 saturated heterocycles. The van der Waals surface area contributed by atoms with Crippen LogP contribution in [-0.4, -0.2) is 25.0 Å². The lowest BCUT2D eigenvalue weighted by Crippen LogP contribution is -2.33. The van der Waals surface area contributed by atoms with Gasteiger partial charge in [-0.1, -0.05) is 38.0 Å². The number of hydrogen-bond acceptors (Lipinski definition) is 2. The summed E-state index contributed by atoms with van der Waals surface area (Å²) in [5.74, 6) is 0. The normalized spacial score (nSPS) is 16.6. The van der Waals surface area contributed by atoms with Crippen molar-refractivity contribution in [3.05, 3.63) is 35.9 Å². The molecule has 2 rings (SSSR count). The van der Waals surface area contributed by atoms with Gasteiger partial charge >= 0.3 is 0 Å². The van der Waals surface area contributed by atoms with E-state index in [0.717, 1.165) is 12.6 Å². The minimum Gasteiger partial charge on any atom is -0.388 e. The quantitative estimate of drug-likeness (QED) is 0.854. The molecule has 2 nitrogen and oxygen atoms in total. The predicted molar refractivity (Wildman–Crippen MR) is 84.4 cm³/mol. The Morgan fingerprint density at radius 2 is 2.05 bits per heavy atom. The highest BCUT2D eigenvalue weighted by atomic mass is 15.1. The van der Waals surface area contributed by atoms with E-state index in [2.05, 4.69) is 42.0 Å². The standard InChI is InChI=1S/C17H26N2/c1-4-14-10-11-16(18-2)12-15(14)13-19(3)17-8-6-5-7-9-17/h4,10-12,17-18H,1,5-9,13H2,2-3H3. The lowest BCUT2D eigenvalue weighted by Gasteiger charge is -2.31. The molecule has 1 aliphatic carbocycles. The van der Waals surface area contributed by atoms with Crippen LogP contribution < -0.4 is 5.32 Å². The number of rotatable bonds is 5. The smallest absolute Gasteiger partial charge is 0.0341 e. The van der Waals surface area contributed by atoms with Gasteiger partial charge in [-0.15, -0.1) is 0 Å². The minimum atomic E-state index is 0.754. The van der Waals surface area contributed by atoms with Crippen molar-refractivity contribution in [3.8, 4) is 0 Å². The fourth-order valence-corrected chi connectivity index (χ4v) is 3.02. The van der Waals surface area contributed by atoms with Gasteiger partial charge in [0.25, 0.3) is 0 Å². The molecule has 0 aliphatic heterocycles. The molecule has 1 aromatic carbocycles. The zero-order valence-electron chi connectivity index (χ0n) is 12.3. The van der Waals surface area contributed by atoms with Gasteiger partial charge in [0.05, 0.1) is 0 Å². The van der Waals surface area contributed by atoms with Crippen LogP contribution >= 0.6 is 0 Å². The Balaban J connectivity index is 2.09. The number of nitrogens with zero attached hydrogens (tertiary/aromatic N) is 1. The van der Waals surface area contributed by atoms with Crippen LogP contribution in [0.15, 0.2) is 24.8 Å². The summed E-state index contributed by atoms with van der Waals surface area (Å²) in [6.07, 6.45) is 8.86. The SMILES string of the molecule is C=Cc1ccc(NC)cc1CN(C)C1CCCCC1. The first kappa shape index (κ1) is 14.1. The Morgan fingerprint density at radius 3 is 2.68 bits per heavy atom. The van der Waals surface area contributed by atoms with Crippen LogP contribution in [-0.2, 0) is 6.54 Å². The first-order valence-corrected chi connectivity index (χ1v) is 7.38. The summed E-state index contributed by atoms with van der Waals surface area (Å²) in [4.78, 5) is 2.51. The molecular formula is C17H26N2. The molecule has 0 bridgehead atoms. The second kappa shape index (κ2) is 6.76. The lowest BCUT2D eigenvalue weighted by molar-refractivity contribution is 0.184. The molecule has 1 fully saturated rings. The van der Waals surface area contributed by atoms with Gasteiger partial charge in [-0.05, 0) is 43.1 Å². The number of hydrogen-bond donors (Lipinski definition) is 1. The zero-order valence-corrected chi connectivity index (χ0v) is 12.3. The maximum atomic E-state index is 3.93. The Labute approximate surface area is 117 Å². The van der Waals surface area contributed by atoms with E-state index < -0.39 is 0 Å². The van der Waals surface area contributed by atoms with Crippen LogP contribution in [0.25, 0.3) is 6.08 Å². The molecule has 1 aliphatic rings. The average Bonchev–Trinajstić information content (AvgIpc) is 2.48. The highest BCUT2D eigenvalue weighted by Gasteiger charge is 2.18. The lowest BCUT2D eigenvalue weighted by atomic mass is 9.94. The first-order valence-electron chi connectivity index (χ1n) is 7.38. The molecule has 1 saturated carbocycles. The Morgan fingerprint density at radius 1 is 1.32 bits per heavy atom. The van der Waals surface area contributed by atoms with Crippen LogP contribution in [0, 0.1) is 0 Å². The molecule has 0 aromatic heterocycles. The van der Waals surface area contributed by atoms with Crippen molar-refractivity contribution in [2.24, 2.45) is 0 Å². The van der Waals surface area contributed by atoms with Crippen molar-refractivity contribution in [1.82, 2.24) is 4.90 Å². The maximum Gasteiger partial charge on any atom is 0.0341 e. The number of benzene rings is 1. The third kappa shape index (κ3) is 3.60. The fraction of sp³-hybridized carbons (Fsp3) is 0.529. The van der Waals surface area contributed by atoms with Gasteiger partial charge in [-0.25, -0.2) is 0 Å². The second-order valence-corrected chi connectivity index (χ2v) is 5.57. The molecule has 0 heterocycles. The molecule has 0 radical (unpaired) electrons. The summed E-state index contributed by atoms with van der Waals surface area (Å²) in [6, 6.07) is 7.27. The number of nitrogens with one attached hydrogen (secondary N) is 1. The van der Waals surface area contributed by atoms with E-state index in [9.17, 15) is 0 Å². The van der Waals surface area contributed by atoms with Crippen molar-refractivity contribution in [2.75, 3.05) is 19.4 Å². The van der Waals surface area contributed by atoms with Crippen LogP contribution in [0.5, 0.6) is 0 Å². The molecule has 19 heavy (non-hydrogen) atoms. The van der Waals surface area contributed by atoms with Crippen molar-refractivity contribution >= 4 is 11.8 Å². The molecule has 0 unspecified atom stereocenters. The first-order chi connectivity index (χ1) is 9.24. The van der Waals surface area contributed by atoms with Gasteiger partial charge in [0.1, 0.15) is 0 Å². The predicted octanol–water partition coefficient (Wildman–Crippen LogP) is 4.14. The maximum absolute atomic E-state index is 3.93. The summed E-state index contributed by atoms with van der Waals surface area (Å²) in [6.45, 7) is 4.94. The summed E-state index contributed by atoms with van der Waals surface area (Å²) >= 11 is 0. The molecule has 1 N–H and O–H groups in total. The molecule has 104 valence electrons. The van der Waals surface area contributed by atoms with E-state index >= 15 is 0 Å². The van der Waals surface area contributed by atoms with Crippen LogP contribution in [0.4, 0.5) is 5.69 Å². The van der Waals surface area contributed by atoms with E-state index in [1.54, 1.807) is 0 Å². The zero-order chi connectivity index (χ0) is 13.7. The van der Waals surface area contributed by atoms with E-state index in [0.29, 0.717) is 0 Å². The minimum absolute atomic E-state index is 0.754. The third-order valence-corrected chi connectivity index (χ3v) is 4.27. The van der Waals surface area contributed by atoms with Crippen LogP contribution in [0.1, 0.15) is 43.2 Å². The molecule has 2 heteroatoms. The van der Waals surface area contributed by atoms with Crippen LogP contribution in [0.3, 0.4) is 0 Å². The summed E-state index contributed by atoms with van der Waals surface area (Å²) in [7, 11) is 4.23. The molecule has 0 spiro atoms. The molecule has 0 amide bonds. The highest BCUT2D eigenvalue weighted by Crippen LogP contribution is 2.25. The molecule has 1 aromatic rings. The van der Waals surface area contributed by atoms with Crippen molar-refractivity contribution in [1.29, 1.82) is 0 Å². The molecule has 0 atom stereocenters. The highest BCUT2D eigenvalue weighted by molar-refractivity contribution is 5.58. The second-order valence-electron chi connectivity index (χ2n) is 5.57. The van der Waals surface area contributed by atoms with Gasteiger partial charge in [-0.3, -0.25) is 4.90 Å². The Hall–Kier alpha value is -1.28. The van der Waals surface area contributed by atoms with Crippen molar-refractivity contribution in [2.45, 2.75) is 44.7 Å². The summed E-state index contributed by atoms with van der Waals surface area (Å²) in [5, 5.41) is 3.22. The fourth-order valence-electron chi connectivity index (χ4n) is 3.02. The third-order valence-electron chi connectivity index (χ3n) is 4.27. The monoisotopic (exact) mass is 258 g/mol. The van der Waals surface area contributed by atoms with E-state index in [1.807, 2.05) is 13.1 Å². The topological polar surface area (TPSA) is 15.3 Å². The van der Waals surface area contributed by atoms with E-state index in [-0.39, 0.29) is 0 Å².